The van der Waals surface area contributed by atoms with Gasteiger partial charge in [-0.05, 0) is 32.4 Å². The molecule has 1 aromatic rings. The zero-order valence-electron chi connectivity index (χ0n) is 8.96. The molecule has 1 aromatic heterocycles. The summed E-state index contributed by atoms with van der Waals surface area (Å²) in [5.74, 6) is 0.905. The molecule has 0 unspecified atom stereocenters. The minimum absolute atomic E-state index is 0.905. The molecule has 1 fully saturated rings. The number of hydrogen-bond donors (Lipinski definition) is 1. The number of rotatable bonds is 2. The van der Waals surface area contributed by atoms with Crippen LogP contribution >= 0.6 is 0 Å². The third-order valence-electron chi connectivity index (χ3n) is 3.35. The van der Waals surface area contributed by atoms with Crippen molar-refractivity contribution in [2.24, 2.45) is 0 Å². The number of piperidine rings is 1. The van der Waals surface area contributed by atoms with Crippen LogP contribution in [0, 0.1) is 0 Å². The minimum Gasteiger partial charge on any atom is -0.353 e. The Labute approximate surface area is 89.6 Å². The average molecular weight is 207 g/mol. The largest absolute Gasteiger partial charge is 0.353 e. The number of hydrogen-bond acceptors (Lipinski definition) is 4. The smallest absolute Gasteiger partial charge is 0.228 e. The Bertz CT molecular complexity index is 342. The van der Waals surface area contributed by atoms with Crippen LogP contribution in [0.25, 0.3) is 0 Å². The highest BCUT2D eigenvalue weighted by Gasteiger charge is 2.22. The Balaban J connectivity index is 1.70. The monoisotopic (exact) mass is 207 g/mol. The van der Waals surface area contributed by atoms with Gasteiger partial charge in [-0.1, -0.05) is 11.6 Å². The van der Waals surface area contributed by atoms with Crippen LogP contribution in [-0.2, 0) is 13.0 Å². The van der Waals surface area contributed by atoms with Crippen molar-refractivity contribution >= 4 is 5.88 Å². The van der Waals surface area contributed by atoms with Crippen LogP contribution in [0.2, 0.25) is 0 Å². The second-order valence-corrected chi connectivity index (χ2v) is 4.45. The number of likely N-dealkylation sites (tertiary alicyclic amines) is 1. The molecule has 0 bridgehead atoms. The molecule has 0 spiro atoms. The molecule has 4 heteroatoms. The maximum absolute atomic E-state index is 5.26. The Morgan fingerprint density at radius 3 is 3.00 bits per heavy atom. The second kappa shape index (κ2) is 3.85. The molecule has 0 radical (unpaired) electrons. The molecule has 3 heterocycles. The summed E-state index contributed by atoms with van der Waals surface area (Å²) in [6.45, 7) is 4.41. The number of anilines is 1. The van der Waals surface area contributed by atoms with Gasteiger partial charge in [0.05, 0.1) is 0 Å². The molecule has 4 nitrogen and oxygen atoms in total. The number of fused-ring (bicyclic) bond motifs is 1. The molecule has 1 N–H and O–H groups in total. The van der Waals surface area contributed by atoms with Crippen molar-refractivity contribution in [1.82, 2.24) is 10.1 Å². The van der Waals surface area contributed by atoms with Gasteiger partial charge in [-0.15, -0.1) is 0 Å². The highest BCUT2D eigenvalue weighted by molar-refractivity contribution is 5.48. The Kier molecular flexibility index (Phi) is 2.37. The fourth-order valence-electron chi connectivity index (χ4n) is 2.49. The van der Waals surface area contributed by atoms with Crippen LogP contribution in [0.4, 0.5) is 5.88 Å². The third-order valence-corrected chi connectivity index (χ3v) is 3.35. The molecule has 3 rings (SSSR count). The molecule has 2 aliphatic rings. The van der Waals surface area contributed by atoms with Crippen molar-refractivity contribution in [2.75, 3.05) is 25.0 Å². The van der Waals surface area contributed by atoms with Crippen molar-refractivity contribution in [1.29, 1.82) is 0 Å². The minimum atomic E-state index is 0.905. The van der Waals surface area contributed by atoms with Gasteiger partial charge < -0.3 is 9.84 Å². The first-order valence-electron chi connectivity index (χ1n) is 5.87. The van der Waals surface area contributed by atoms with Crippen LogP contribution in [0.3, 0.4) is 0 Å². The Hall–Kier alpha value is -1.03. The first-order valence-corrected chi connectivity index (χ1v) is 5.87. The van der Waals surface area contributed by atoms with E-state index in [0.29, 0.717) is 0 Å². The normalized spacial score (nSPS) is 21.3. The summed E-state index contributed by atoms with van der Waals surface area (Å²) in [7, 11) is 0. The second-order valence-electron chi connectivity index (χ2n) is 4.45. The topological polar surface area (TPSA) is 41.3 Å². The number of nitrogens with zero attached hydrogens (tertiary/aromatic N) is 2. The van der Waals surface area contributed by atoms with E-state index in [4.69, 9.17) is 4.52 Å². The molecular formula is C11H17N3O. The lowest BCUT2D eigenvalue weighted by molar-refractivity contribution is 0.214. The van der Waals surface area contributed by atoms with Crippen molar-refractivity contribution < 1.29 is 4.52 Å². The predicted octanol–water partition coefficient (Wildman–Crippen LogP) is 1.63. The summed E-state index contributed by atoms with van der Waals surface area (Å²) in [6.07, 6.45) is 5.12. The lowest BCUT2D eigenvalue weighted by atomic mass is 10.1. The summed E-state index contributed by atoms with van der Waals surface area (Å²) >= 11 is 0. The Morgan fingerprint density at radius 2 is 2.13 bits per heavy atom. The molecule has 0 atom stereocenters. The molecule has 0 saturated carbocycles. The number of nitrogens with one attached hydrogen (secondary N) is 1. The lowest BCUT2D eigenvalue weighted by Crippen LogP contribution is -2.29. The van der Waals surface area contributed by atoms with E-state index < -0.39 is 0 Å². The van der Waals surface area contributed by atoms with Crippen LogP contribution in [-0.4, -0.2) is 29.7 Å². The summed E-state index contributed by atoms with van der Waals surface area (Å²) in [4.78, 5) is 2.49. The number of aromatic nitrogens is 1. The van der Waals surface area contributed by atoms with E-state index in [9.17, 15) is 0 Å². The van der Waals surface area contributed by atoms with Crippen LogP contribution in [0.5, 0.6) is 0 Å². The molecule has 15 heavy (non-hydrogen) atoms. The van der Waals surface area contributed by atoms with Crippen LogP contribution < -0.4 is 5.32 Å². The third kappa shape index (κ3) is 1.74. The maximum atomic E-state index is 5.26. The van der Waals surface area contributed by atoms with Crippen molar-refractivity contribution in [3.63, 3.8) is 0 Å². The van der Waals surface area contributed by atoms with E-state index in [1.807, 2.05) is 0 Å². The fraction of sp³-hybridized carbons (Fsp3) is 0.727. The van der Waals surface area contributed by atoms with Gasteiger partial charge in [0.15, 0.2) is 0 Å². The summed E-state index contributed by atoms with van der Waals surface area (Å²) < 4.78 is 5.26. The zero-order valence-corrected chi connectivity index (χ0v) is 8.96. The fourth-order valence-corrected chi connectivity index (χ4v) is 2.49. The van der Waals surface area contributed by atoms with E-state index in [-0.39, 0.29) is 0 Å². The molecular weight excluding hydrogens is 190 g/mol. The molecule has 82 valence electrons. The quantitative estimate of drug-likeness (QED) is 0.800. The predicted molar refractivity (Wildman–Crippen MR) is 57.8 cm³/mol. The molecule has 0 aromatic carbocycles. The molecule has 0 aliphatic carbocycles. The highest BCUT2D eigenvalue weighted by Crippen LogP contribution is 2.26. The van der Waals surface area contributed by atoms with Gasteiger partial charge in [-0.25, -0.2) is 0 Å². The van der Waals surface area contributed by atoms with Gasteiger partial charge in [-0.3, -0.25) is 4.90 Å². The Morgan fingerprint density at radius 1 is 1.27 bits per heavy atom. The van der Waals surface area contributed by atoms with E-state index in [0.717, 1.165) is 31.1 Å². The first kappa shape index (κ1) is 9.21. The lowest BCUT2D eigenvalue weighted by Gasteiger charge is -2.25. The van der Waals surface area contributed by atoms with Crippen molar-refractivity contribution in [2.45, 2.75) is 32.2 Å². The van der Waals surface area contributed by atoms with Gasteiger partial charge in [0, 0.05) is 18.7 Å². The highest BCUT2D eigenvalue weighted by atomic mass is 16.5. The van der Waals surface area contributed by atoms with E-state index >= 15 is 0 Å². The van der Waals surface area contributed by atoms with Crippen LogP contribution in [0.1, 0.15) is 30.5 Å². The van der Waals surface area contributed by atoms with Gasteiger partial charge >= 0.3 is 0 Å². The summed E-state index contributed by atoms with van der Waals surface area (Å²) in [5, 5.41) is 7.36. The first-order chi connectivity index (χ1) is 7.43. The molecule has 2 aliphatic heterocycles. The molecule has 1 saturated heterocycles. The standard InChI is InChI=1S/C11H17N3O/c1-2-6-14(7-3-1)8-10-9-4-5-12-11(9)15-13-10/h12H,1-8H2. The van der Waals surface area contributed by atoms with Crippen molar-refractivity contribution in [3.05, 3.63) is 11.3 Å². The average Bonchev–Trinajstić information content (AvgIpc) is 2.85. The van der Waals surface area contributed by atoms with Crippen LogP contribution in [0.15, 0.2) is 4.52 Å². The van der Waals surface area contributed by atoms with Gasteiger partial charge in [0.1, 0.15) is 5.69 Å². The maximum Gasteiger partial charge on any atom is 0.228 e. The van der Waals surface area contributed by atoms with E-state index in [1.54, 1.807) is 0 Å². The van der Waals surface area contributed by atoms with Crippen molar-refractivity contribution in [3.8, 4) is 0 Å². The van der Waals surface area contributed by atoms with E-state index in [2.05, 4.69) is 15.4 Å². The van der Waals surface area contributed by atoms with E-state index in [1.165, 1.54) is 37.9 Å². The zero-order chi connectivity index (χ0) is 10.1. The summed E-state index contributed by atoms with van der Waals surface area (Å²) in [6, 6.07) is 0. The summed E-state index contributed by atoms with van der Waals surface area (Å²) in [5.41, 5.74) is 2.46. The molecule has 0 amide bonds. The SMILES string of the molecule is C1CCN(Cc2noc3c2CCN3)CC1. The van der Waals surface area contributed by atoms with Gasteiger partial charge in [0.2, 0.25) is 5.88 Å². The van der Waals surface area contributed by atoms with Gasteiger partial charge in [-0.2, -0.15) is 0 Å². The van der Waals surface area contributed by atoms with Gasteiger partial charge in [0.25, 0.3) is 0 Å².